The second-order valence-electron chi connectivity index (χ2n) is 6.29. The van der Waals surface area contributed by atoms with E-state index in [0.717, 1.165) is 42.1 Å². The molecule has 6 nitrogen and oxygen atoms in total. The average molecular weight is 318 g/mol. The SMILES string of the molecule is C1=CC2=NC1=CN1C=CN(C1)CN1C=CN(C=c3ccc([nH]3)=C2)C1. The predicted octanol–water partition coefficient (Wildman–Crippen LogP) is 0.449. The maximum Gasteiger partial charge on any atom is 0.0953 e. The van der Waals surface area contributed by atoms with Crippen LogP contribution in [0.3, 0.4) is 0 Å². The van der Waals surface area contributed by atoms with E-state index in [1.807, 2.05) is 6.08 Å². The second kappa shape index (κ2) is 5.19. The Morgan fingerprint density at radius 1 is 0.792 bits per heavy atom. The maximum absolute atomic E-state index is 4.66. The van der Waals surface area contributed by atoms with Crippen molar-refractivity contribution in [2.75, 3.05) is 20.0 Å². The molecular formula is C18H18N6. The van der Waals surface area contributed by atoms with Crippen LogP contribution in [-0.4, -0.2) is 50.3 Å². The molecule has 1 aromatic heterocycles. The highest BCUT2D eigenvalue weighted by atomic mass is 15.4. The highest BCUT2D eigenvalue weighted by molar-refractivity contribution is 6.19. The van der Waals surface area contributed by atoms with Crippen molar-refractivity contribution in [2.24, 2.45) is 4.99 Å². The summed E-state index contributed by atoms with van der Waals surface area (Å²) in [6.45, 7) is 2.57. The van der Waals surface area contributed by atoms with Gasteiger partial charge in [-0.15, -0.1) is 0 Å². The van der Waals surface area contributed by atoms with Crippen LogP contribution < -0.4 is 10.7 Å². The molecule has 0 radical (unpaired) electrons. The van der Waals surface area contributed by atoms with Crippen LogP contribution in [-0.2, 0) is 0 Å². The summed E-state index contributed by atoms with van der Waals surface area (Å²) < 4.78 is 0. The molecule has 0 saturated heterocycles. The monoisotopic (exact) mass is 318 g/mol. The topological polar surface area (TPSA) is 41.1 Å². The van der Waals surface area contributed by atoms with Gasteiger partial charge in [-0.3, -0.25) is 0 Å². The zero-order chi connectivity index (χ0) is 15.9. The van der Waals surface area contributed by atoms with Crippen molar-refractivity contribution in [3.05, 3.63) is 71.7 Å². The van der Waals surface area contributed by atoms with E-state index >= 15 is 0 Å². The molecule has 8 bridgehead atoms. The first kappa shape index (κ1) is 13.3. The molecule has 0 saturated carbocycles. The van der Waals surface area contributed by atoms with E-state index in [2.05, 4.69) is 91.1 Å². The Morgan fingerprint density at radius 2 is 1.54 bits per heavy atom. The smallest absolute Gasteiger partial charge is 0.0953 e. The van der Waals surface area contributed by atoms with Gasteiger partial charge in [0.25, 0.3) is 0 Å². The van der Waals surface area contributed by atoms with Crippen LogP contribution in [0, 0.1) is 0 Å². The van der Waals surface area contributed by atoms with Gasteiger partial charge in [0.1, 0.15) is 0 Å². The molecule has 120 valence electrons. The molecule has 0 aliphatic carbocycles. The summed E-state index contributed by atoms with van der Waals surface area (Å²) in [6.07, 6.45) is 18.8. The van der Waals surface area contributed by atoms with Crippen molar-refractivity contribution >= 4 is 18.0 Å². The first-order valence-electron chi connectivity index (χ1n) is 8.04. The first-order valence-corrected chi connectivity index (χ1v) is 8.04. The first-order chi connectivity index (χ1) is 11.8. The maximum atomic E-state index is 4.66. The van der Waals surface area contributed by atoms with Crippen molar-refractivity contribution in [1.82, 2.24) is 24.6 Å². The van der Waals surface area contributed by atoms with E-state index in [9.17, 15) is 0 Å². The minimum Gasteiger partial charge on any atom is -0.354 e. The number of nitrogens with zero attached hydrogens (tertiary/aromatic N) is 5. The lowest BCUT2D eigenvalue weighted by Gasteiger charge is -2.25. The van der Waals surface area contributed by atoms with E-state index in [1.54, 1.807) is 0 Å². The number of hydrogen-bond acceptors (Lipinski definition) is 5. The summed E-state index contributed by atoms with van der Waals surface area (Å²) in [4.78, 5) is 17.0. The largest absolute Gasteiger partial charge is 0.354 e. The molecule has 4 aliphatic rings. The van der Waals surface area contributed by atoms with Gasteiger partial charge in [-0.2, -0.15) is 0 Å². The fourth-order valence-electron chi connectivity index (χ4n) is 3.20. The van der Waals surface area contributed by atoms with Gasteiger partial charge in [-0.25, -0.2) is 4.99 Å². The summed E-state index contributed by atoms with van der Waals surface area (Å²) in [7, 11) is 0. The van der Waals surface area contributed by atoms with Gasteiger partial charge < -0.3 is 24.6 Å². The van der Waals surface area contributed by atoms with E-state index in [4.69, 9.17) is 0 Å². The van der Waals surface area contributed by atoms with Gasteiger partial charge in [-0.1, -0.05) is 0 Å². The standard InChI is InChI=1S/C18H18N6/c1-3-17-10-21-5-7-23(12-21)14-24-8-6-22(13-24)11-18-4-2-16(20-18)9-15(1)19-17/h1-11,19H,12-14H2. The quantitative estimate of drug-likeness (QED) is 0.754. The predicted molar refractivity (Wildman–Crippen MR) is 93.9 cm³/mol. The second-order valence-corrected chi connectivity index (χ2v) is 6.29. The molecule has 5 rings (SSSR count). The van der Waals surface area contributed by atoms with Gasteiger partial charge in [0.15, 0.2) is 0 Å². The Balaban J connectivity index is 1.56. The molecule has 0 unspecified atom stereocenters. The third-order valence-corrected chi connectivity index (χ3v) is 4.31. The number of nitrogens with one attached hydrogen (secondary N) is 1. The van der Waals surface area contributed by atoms with Gasteiger partial charge >= 0.3 is 0 Å². The molecule has 24 heavy (non-hydrogen) atoms. The molecule has 0 atom stereocenters. The van der Waals surface area contributed by atoms with Gasteiger partial charge in [0, 0.05) is 42.5 Å². The number of H-pyrrole nitrogens is 1. The van der Waals surface area contributed by atoms with Crippen LogP contribution in [0.5, 0.6) is 0 Å². The third kappa shape index (κ3) is 2.52. The number of allylic oxidation sites excluding steroid dienone is 2. The molecule has 4 aliphatic heterocycles. The molecule has 5 heterocycles. The van der Waals surface area contributed by atoms with Crippen molar-refractivity contribution < 1.29 is 0 Å². The van der Waals surface area contributed by atoms with E-state index in [0.29, 0.717) is 0 Å². The Bertz CT molecular complexity index is 929. The van der Waals surface area contributed by atoms with Crippen LogP contribution in [0.1, 0.15) is 0 Å². The van der Waals surface area contributed by atoms with Crippen LogP contribution in [0.25, 0.3) is 12.3 Å². The summed E-state index contributed by atoms with van der Waals surface area (Å²) in [6, 6.07) is 4.18. The van der Waals surface area contributed by atoms with E-state index in [-0.39, 0.29) is 0 Å². The van der Waals surface area contributed by atoms with Gasteiger partial charge in [-0.05, 0) is 30.4 Å². The summed E-state index contributed by atoms with van der Waals surface area (Å²) in [5, 5.41) is 2.15. The lowest BCUT2D eigenvalue weighted by atomic mass is 10.3. The highest BCUT2D eigenvalue weighted by Crippen LogP contribution is 2.16. The van der Waals surface area contributed by atoms with E-state index in [1.165, 1.54) is 0 Å². The fraction of sp³-hybridized carbons (Fsp3) is 0.167. The number of fused-ring (bicyclic) bond motifs is 7. The number of aromatic amines is 1. The molecule has 0 fully saturated rings. The van der Waals surface area contributed by atoms with Crippen LogP contribution in [0.15, 0.2) is 66.0 Å². The molecule has 6 heteroatoms. The van der Waals surface area contributed by atoms with E-state index < -0.39 is 0 Å². The zero-order valence-electron chi connectivity index (χ0n) is 13.2. The minimum atomic E-state index is 0.845. The zero-order valence-corrected chi connectivity index (χ0v) is 13.2. The summed E-state index contributed by atoms with van der Waals surface area (Å²) >= 11 is 0. The lowest BCUT2D eigenvalue weighted by molar-refractivity contribution is 0.193. The van der Waals surface area contributed by atoms with Crippen LogP contribution in [0.2, 0.25) is 0 Å². The minimum absolute atomic E-state index is 0.845. The Hall–Kier alpha value is -3.15. The van der Waals surface area contributed by atoms with Crippen molar-refractivity contribution in [3.63, 3.8) is 0 Å². The summed E-state index contributed by atoms with van der Waals surface area (Å²) in [5.41, 5.74) is 1.94. The number of aromatic nitrogens is 1. The molecule has 0 spiro atoms. The van der Waals surface area contributed by atoms with Crippen molar-refractivity contribution in [2.45, 2.75) is 0 Å². The lowest BCUT2D eigenvalue weighted by Crippen LogP contribution is -2.34. The van der Waals surface area contributed by atoms with Crippen LogP contribution >= 0.6 is 0 Å². The Kier molecular flexibility index (Phi) is 2.88. The molecule has 1 aromatic rings. The summed E-state index contributed by atoms with van der Waals surface area (Å²) in [5.74, 6) is 0. The third-order valence-electron chi connectivity index (χ3n) is 4.31. The Morgan fingerprint density at radius 3 is 2.38 bits per heavy atom. The normalized spacial score (nSPS) is 21.2. The van der Waals surface area contributed by atoms with Crippen LogP contribution in [0.4, 0.5) is 0 Å². The number of aliphatic imine (C=N–C) groups is 1. The van der Waals surface area contributed by atoms with Crippen molar-refractivity contribution in [1.29, 1.82) is 0 Å². The Labute approximate surface area is 140 Å². The van der Waals surface area contributed by atoms with Gasteiger partial charge in [0.2, 0.25) is 0 Å². The molecule has 1 N–H and O–H groups in total. The molecule has 0 aromatic carbocycles. The number of hydrogen-bond donors (Lipinski definition) is 1. The van der Waals surface area contributed by atoms with Gasteiger partial charge in [0.05, 0.1) is 36.8 Å². The average Bonchev–Trinajstić information content (AvgIpc) is 3.32. The van der Waals surface area contributed by atoms with Crippen molar-refractivity contribution in [3.8, 4) is 0 Å². The molecule has 0 amide bonds. The molecular weight excluding hydrogens is 300 g/mol. The highest BCUT2D eigenvalue weighted by Gasteiger charge is 2.17. The number of rotatable bonds is 0. The fourth-order valence-corrected chi connectivity index (χ4v) is 3.20.